The van der Waals surface area contributed by atoms with E-state index in [0.29, 0.717) is 11.7 Å². The molecule has 7 heteroatoms. The molecule has 1 aliphatic heterocycles. The molecule has 7 nitrogen and oxygen atoms in total. The van der Waals surface area contributed by atoms with Crippen LogP contribution in [-0.4, -0.2) is 56.4 Å². The molecule has 24 heavy (non-hydrogen) atoms. The highest BCUT2D eigenvalue weighted by Gasteiger charge is 2.31. The van der Waals surface area contributed by atoms with Crippen LogP contribution in [0.5, 0.6) is 0 Å². The van der Waals surface area contributed by atoms with Crippen molar-refractivity contribution < 1.29 is 4.52 Å². The molecule has 1 aliphatic rings. The zero-order chi connectivity index (χ0) is 17.5. The monoisotopic (exact) mass is 332 g/mol. The first kappa shape index (κ1) is 17.1. The molecule has 0 amide bonds. The minimum Gasteiger partial charge on any atom is -0.338 e. The average molecular weight is 332 g/mol. The van der Waals surface area contributed by atoms with Gasteiger partial charge in [0.1, 0.15) is 6.04 Å². The van der Waals surface area contributed by atoms with Gasteiger partial charge in [0.2, 0.25) is 5.89 Å². The summed E-state index contributed by atoms with van der Waals surface area (Å²) in [5.41, 5.74) is 2.52. The van der Waals surface area contributed by atoms with Gasteiger partial charge < -0.3 is 4.52 Å². The smallest absolute Gasteiger partial charge is 0.245 e. The Labute approximate surface area is 143 Å². The van der Waals surface area contributed by atoms with Crippen LogP contribution in [0.15, 0.2) is 10.7 Å². The number of nitrogens with zero attached hydrogens (tertiary/aromatic N) is 6. The van der Waals surface area contributed by atoms with Crippen molar-refractivity contribution in [1.29, 1.82) is 0 Å². The van der Waals surface area contributed by atoms with Gasteiger partial charge in [-0.2, -0.15) is 10.1 Å². The minimum absolute atomic E-state index is 0.0478. The van der Waals surface area contributed by atoms with E-state index in [9.17, 15) is 0 Å². The summed E-state index contributed by atoms with van der Waals surface area (Å²) >= 11 is 0. The van der Waals surface area contributed by atoms with E-state index in [0.717, 1.165) is 26.2 Å². The van der Waals surface area contributed by atoms with Gasteiger partial charge in [0, 0.05) is 50.4 Å². The fourth-order valence-corrected chi connectivity index (χ4v) is 3.31. The molecule has 0 aromatic carbocycles. The highest BCUT2D eigenvalue weighted by Crippen LogP contribution is 2.28. The first-order valence-corrected chi connectivity index (χ1v) is 8.50. The van der Waals surface area contributed by atoms with Crippen LogP contribution in [-0.2, 0) is 19.0 Å². The van der Waals surface area contributed by atoms with Crippen LogP contribution in [0.2, 0.25) is 0 Å². The van der Waals surface area contributed by atoms with E-state index in [4.69, 9.17) is 4.52 Å². The lowest BCUT2D eigenvalue weighted by atomic mass is 9.89. The zero-order valence-electron chi connectivity index (χ0n) is 15.6. The summed E-state index contributed by atoms with van der Waals surface area (Å²) in [5, 5.41) is 8.62. The standard InChI is InChI=1S/C17H28N6O/c1-12-18-16(24-20-12)14-11-23(8-7-21(14)5)10-13-9-22(6)19-15(13)17(2,3)4/h9,14H,7-8,10-11H2,1-6H3. The molecule has 1 unspecified atom stereocenters. The Morgan fingerprint density at radius 2 is 2.00 bits per heavy atom. The van der Waals surface area contributed by atoms with Gasteiger partial charge in [0.15, 0.2) is 5.82 Å². The lowest BCUT2D eigenvalue weighted by Gasteiger charge is -2.37. The highest BCUT2D eigenvalue weighted by molar-refractivity contribution is 5.24. The third kappa shape index (κ3) is 3.52. The van der Waals surface area contributed by atoms with Gasteiger partial charge in [-0.1, -0.05) is 25.9 Å². The van der Waals surface area contributed by atoms with Gasteiger partial charge in [-0.15, -0.1) is 0 Å². The Morgan fingerprint density at radius 3 is 2.62 bits per heavy atom. The van der Waals surface area contributed by atoms with Crippen molar-refractivity contribution in [2.24, 2.45) is 7.05 Å². The quantitative estimate of drug-likeness (QED) is 0.855. The van der Waals surface area contributed by atoms with Crippen molar-refractivity contribution >= 4 is 0 Å². The summed E-state index contributed by atoms with van der Waals surface area (Å²) in [6, 6.07) is 0.148. The second-order valence-electron chi connectivity index (χ2n) is 7.84. The Kier molecular flexibility index (Phi) is 4.48. The summed E-state index contributed by atoms with van der Waals surface area (Å²) in [6.45, 7) is 12.3. The largest absolute Gasteiger partial charge is 0.338 e. The molecule has 0 N–H and O–H groups in total. The van der Waals surface area contributed by atoms with E-state index in [1.807, 2.05) is 18.7 Å². The molecular formula is C17H28N6O. The van der Waals surface area contributed by atoms with Gasteiger partial charge in [-0.3, -0.25) is 14.5 Å². The second-order valence-corrected chi connectivity index (χ2v) is 7.84. The number of aromatic nitrogens is 4. The molecule has 2 aromatic heterocycles. The van der Waals surface area contributed by atoms with Crippen molar-refractivity contribution in [1.82, 2.24) is 29.7 Å². The zero-order valence-corrected chi connectivity index (χ0v) is 15.6. The van der Waals surface area contributed by atoms with Crippen molar-refractivity contribution in [3.63, 3.8) is 0 Å². The highest BCUT2D eigenvalue weighted by atomic mass is 16.5. The topological polar surface area (TPSA) is 63.2 Å². The molecule has 132 valence electrons. The number of aryl methyl sites for hydroxylation is 2. The van der Waals surface area contributed by atoms with E-state index >= 15 is 0 Å². The van der Waals surface area contributed by atoms with Gasteiger partial charge in [-0.05, 0) is 14.0 Å². The van der Waals surface area contributed by atoms with Gasteiger partial charge in [-0.25, -0.2) is 0 Å². The predicted molar refractivity (Wildman–Crippen MR) is 91.6 cm³/mol. The molecule has 3 heterocycles. The lowest BCUT2D eigenvalue weighted by molar-refractivity contribution is 0.0711. The van der Waals surface area contributed by atoms with Crippen LogP contribution in [0.3, 0.4) is 0 Å². The lowest BCUT2D eigenvalue weighted by Crippen LogP contribution is -2.46. The number of rotatable bonds is 3. The third-order valence-electron chi connectivity index (χ3n) is 4.57. The molecule has 1 fully saturated rings. The van der Waals surface area contributed by atoms with E-state index in [-0.39, 0.29) is 11.5 Å². The van der Waals surface area contributed by atoms with Crippen molar-refractivity contribution in [2.45, 2.75) is 45.7 Å². The Balaban J connectivity index is 1.77. The summed E-state index contributed by atoms with van der Waals surface area (Å²) in [6.07, 6.45) is 2.14. The molecular weight excluding hydrogens is 304 g/mol. The van der Waals surface area contributed by atoms with Gasteiger partial charge in [0.05, 0.1) is 5.69 Å². The Bertz CT molecular complexity index is 698. The molecule has 1 atom stereocenters. The van der Waals surface area contributed by atoms with Crippen LogP contribution in [0, 0.1) is 6.92 Å². The van der Waals surface area contributed by atoms with Crippen LogP contribution >= 0.6 is 0 Å². The maximum Gasteiger partial charge on any atom is 0.245 e. The van der Waals surface area contributed by atoms with E-state index in [2.05, 4.69) is 59.1 Å². The molecule has 3 rings (SSSR count). The Hall–Kier alpha value is -1.73. The SMILES string of the molecule is Cc1noc(C2CN(Cc3cn(C)nc3C(C)(C)C)CCN2C)n1. The molecule has 1 saturated heterocycles. The van der Waals surface area contributed by atoms with Crippen LogP contribution in [0.4, 0.5) is 0 Å². The van der Waals surface area contributed by atoms with Gasteiger partial charge >= 0.3 is 0 Å². The van der Waals surface area contributed by atoms with Crippen molar-refractivity contribution in [2.75, 3.05) is 26.7 Å². The third-order valence-corrected chi connectivity index (χ3v) is 4.57. The maximum atomic E-state index is 5.41. The van der Waals surface area contributed by atoms with Gasteiger partial charge in [0.25, 0.3) is 0 Å². The van der Waals surface area contributed by atoms with E-state index in [1.54, 1.807) is 0 Å². The normalized spacial score (nSPS) is 20.7. The van der Waals surface area contributed by atoms with Crippen LogP contribution in [0.25, 0.3) is 0 Å². The number of piperazine rings is 1. The maximum absolute atomic E-state index is 5.41. The number of hydrogen-bond acceptors (Lipinski definition) is 6. The number of likely N-dealkylation sites (N-methyl/N-ethyl adjacent to an activating group) is 1. The van der Waals surface area contributed by atoms with E-state index in [1.165, 1.54) is 11.3 Å². The first-order chi connectivity index (χ1) is 11.2. The van der Waals surface area contributed by atoms with Crippen LogP contribution in [0.1, 0.15) is 49.8 Å². The summed E-state index contributed by atoms with van der Waals surface area (Å²) in [4.78, 5) is 9.17. The fraction of sp³-hybridized carbons (Fsp3) is 0.706. The second kappa shape index (κ2) is 6.29. The first-order valence-electron chi connectivity index (χ1n) is 8.50. The average Bonchev–Trinajstić information content (AvgIpc) is 3.06. The molecule has 0 aliphatic carbocycles. The predicted octanol–water partition coefficient (Wildman–Crippen LogP) is 1.90. The summed E-state index contributed by atoms with van der Waals surface area (Å²) < 4.78 is 7.33. The molecule has 2 aromatic rings. The molecule has 0 bridgehead atoms. The van der Waals surface area contributed by atoms with Crippen LogP contribution < -0.4 is 0 Å². The minimum atomic E-state index is 0.0478. The molecule has 0 radical (unpaired) electrons. The van der Waals surface area contributed by atoms with Crippen molar-refractivity contribution in [3.05, 3.63) is 29.2 Å². The van der Waals surface area contributed by atoms with Crippen molar-refractivity contribution in [3.8, 4) is 0 Å². The molecule has 0 spiro atoms. The fourth-order valence-electron chi connectivity index (χ4n) is 3.31. The summed E-state index contributed by atoms with van der Waals surface area (Å²) in [5.74, 6) is 1.40. The Morgan fingerprint density at radius 1 is 1.25 bits per heavy atom. The summed E-state index contributed by atoms with van der Waals surface area (Å²) in [7, 11) is 4.11. The number of hydrogen-bond donors (Lipinski definition) is 0. The van der Waals surface area contributed by atoms with E-state index < -0.39 is 0 Å². The molecule has 0 saturated carbocycles.